The van der Waals surface area contributed by atoms with E-state index in [1.807, 2.05) is 0 Å². The van der Waals surface area contributed by atoms with Crippen molar-refractivity contribution >= 4 is 17.5 Å². The fraction of sp³-hybridized carbons (Fsp3) is 0.667. The van der Waals surface area contributed by atoms with Crippen molar-refractivity contribution in [1.29, 1.82) is 0 Å². The first kappa shape index (κ1) is 12.1. The van der Waals surface area contributed by atoms with Gasteiger partial charge in [-0.3, -0.25) is 0 Å². The zero-order chi connectivity index (χ0) is 12.5. The Labute approximate surface area is 112 Å². The number of halogens is 1. The number of piperazine rings is 1. The second-order valence-electron chi connectivity index (χ2n) is 4.83. The standard InChI is InChI=1S/C12H17ClN4O/c1-16-3-5-17(6-4-16)12-14-10-2-7-18-8-9(10)11(13)15-12/h2-8H2,1H3. The minimum atomic E-state index is 0.539. The fourth-order valence-electron chi connectivity index (χ4n) is 2.33. The predicted octanol–water partition coefficient (Wildman–Crippen LogP) is 0.954. The van der Waals surface area contributed by atoms with Crippen LogP contribution in [-0.4, -0.2) is 54.7 Å². The van der Waals surface area contributed by atoms with E-state index in [2.05, 4.69) is 26.8 Å². The first-order valence-corrected chi connectivity index (χ1v) is 6.68. The maximum atomic E-state index is 6.23. The number of nitrogens with zero attached hydrogens (tertiary/aromatic N) is 4. The van der Waals surface area contributed by atoms with Gasteiger partial charge in [0.05, 0.1) is 18.9 Å². The molecule has 0 spiro atoms. The molecule has 1 aromatic rings. The van der Waals surface area contributed by atoms with Gasteiger partial charge in [-0.05, 0) is 7.05 Å². The molecule has 0 N–H and O–H groups in total. The van der Waals surface area contributed by atoms with E-state index in [0.29, 0.717) is 11.8 Å². The van der Waals surface area contributed by atoms with Crippen molar-refractivity contribution in [1.82, 2.24) is 14.9 Å². The van der Waals surface area contributed by atoms with Crippen LogP contribution in [0.15, 0.2) is 0 Å². The second kappa shape index (κ2) is 4.99. The van der Waals surface area contributed by atoms with Crippen molar-refractivity contribution in [2.75, 3.05) is 44.7 Å². The van der Waals surface area contributed by atoms with Crippen LogP contribution in [0.1, 0.15) is 11.3 Å². The summed E-state index contributed by atoms with van der Waals surface area (Å²) in [5.41, 5.74) is 2.01. The van der Waals surface area contributed by atoms with Gasteiger partial charge in [0.1, 0.15) is 5.15 Å². The summed E-state index contributed by atoms with van der Waals surface area (Å²) in [6.45, 7) is 5.27. The molecule has 3 rings (SSSR count). The highest BCUT2D eigenvalue weighted by Gasteiger charge is 2.21. The molecule has 18 heavy (non-hydrogen) atoms. The third-order valence-corrected chi connectivity index (χ3v) is 3.86. The fourth-order valence-corrected chi connectivity index (χ4v) is 2.57. The van der Waals surface area contributed by atoms with Gasteiger partial charge in [-0.1, -0.05) is 11.6 Å². The minimum absolute atomic E-state index is 0.539. The van der Waals surface area contributed by atoms with E-state index in [0.717, 1.165) is 56.4 Å². The van der Waals surface area contributed by atoms with Gasteiger partial charge in [-0.15, -0.1) is 0 Å². The maximum Gasteiger partial charge on any atom is 0.227 e. The molecule has 0 aliphatic carbocycles. The van der Waals surface area contributed by atoms with E-state index in [1.165, 1.54) is 0 Å². The zero-order valence-corrected chi connectivity index (χ0v) is 11.3. The Morgan fingerprint density at radius 2 is 1.94 bits per heavy atom. The zero-order valence-electron chi connectivity index (χ0n) is 10.5. The number of likely N-dealkylation sites (N-methyl/N-ethyl adjacent to an activating group) is 1. The van der Waals surface area contributed by atoms with E-state index >= 15 is 0 Å². The largest absolute Gasteiger partial charge is 0.376 e. The van der Waals surface area contributed by atoms with Crippen molar-refractivity contribution in [2.45, 2.75) is 13.0 Å². The molecule has 6 heteroatoms. The van der Waals surface area contributed by atoms with Gasteiger partial charge < -0.3 is 14.5 Å². The molecule has 98 valence electrons. The van der Waals surface area contributed by atoms with Gasteiger partial charge in [-0.25, -0.2) is 9.97 Å². The predicted molar refractivity (Wildman–Crippen MR) is 70.1 cm³/mol. The van der Waals surface area contributed by atoms with Crippen LogP contribution < -0.4 is 4.90 Å². The SMILES string of the molecule is CN1CCN(c2nc(Cl)c3c(n2)CCOC3)CC1. The first-order valence-electron chi connectivity index (χ1n) is 6.30. The molecule has 0 atom stereocenters. The number of fused-ring (bicyclic) bond motifs is 1. The Bertz CT molecular complexity index is 446. The Kier molecular flexibility index (Phi) is 3.37. The van der Waals surface area contributed by atoms with Gasteiger partial charge in [0, 0.05) is 38.2 Å². The van der Waals surface area contributed by atoms with Crippen LogP contribution >= 0.6 is 11.6 Å². The quantitative estimate of drug-likeness (QED) is 0.710. The number of rotatable bonds is 1. The molecule has 3 heterocycles. The van der Waals surface area contributed by atoms with Crippen molar-refractivity contribution < 1.29 is 4.74 Å². The molecule has 0 bridgehead atoms. The van der Waals surface area contributed by atoms with Crippen molar-refractivity contribution in [3.63, 3.8) is 0 Å². The molecular weight excluding hydrogens is 252 g/mol. The number of hydrogen-bond donors (Lipinski definition) is 0. The Balaban J connectivity index is 1.86. The first-order chi connectivity index (χ1) is 8.74. The molecule has 5 nitrogen and oxygen atoms in total. The van der Waals surface area contributed by atoms with E-state index in [9.17, 15) is 0 Å². The lowest BCUT2D eigenvalue weighted by atomic mass is 10.1. The molecule has 0 unspecified atom stereocenters. The number of aromatic nitrogens is 2. The highest BCUT2D eigenvalue weighted by Crippen LogP contribution is 2.25. The van der Waals surface area contributed by atoms with Crippen molar-refractivity contribution in [3.8, 4) is 0 Å². The average Bonchev–Trinajstić information content (AvgIpc) is 2.39. The molecule has 1 aromatic heterocycles. The number of hydrogen-bond acceptors (Lipinski definition) is 5. The minimum Gasteiger partial charge on any atom is -0.376 e. The van der Waals surface area contributed by atoms with Gasteiger partial charge in [-0.2, -0.15) is 0 Å². The summed E-state index contributed by atoms with van der Waals surface area (Å²) in [5.74, 6) is 0.772. The van der Waals surface area contributed by atoms with E-state index in [-0.39, 0.29) is 0 Å². The molecular formula is C12H17ClN4O. The molecule has 0 amide bonds. The molecule has 0 saturated carbocycles. The lowest BCUT2D eigenvalue weighted by Crippen LogP contribution is -2.45. The summed E-state index contributed by atoms with van der Waals surface area (Å²) >= 11 is 6.23. The van der Waals surface area contributed by atoms with Crippen LogP contribution in [0.5, 0.6) is 0 Å². The summed E-state index contributed by atoms with van der Waals surface area (Å²) in [4.78, 5) is 13.6. The highest BCUT2D eigenvalue weighted by atomic mass is 35.5. The summed E-state index contributed by atoms with van der Waals surface area (Å²) in [7, 11) is 2.13. The van der Waals surface area contributed by atoms with Crippen LogP contribution in [-0.2, 0) is 17.8 Å². The summed E-state index contributed by atoms with van der Waals surface area (Å²) < 4.78 is 5.39. The van der Waals surface area contributed by atoms with Gasteiger partial charge in [0.2, 0.25) is 5.95 Å². The summed E-state index contributed by atoms with van der Waals surface area (Å²) in [6, 6.07) is 0. The molecule has 2 aliphatic heterocycles. The third kappa shape index (κ3) is 2.30. The molecule has 1 fully saturated rings. The average molecular weight is 269 g/mol. The van der Waals surface area contributed by atoms with Crippen LogP contribution in [0.3, 0.4) is 0 Å². The van der Waals surface area contributed by atoms with Crippen LogP contribution in [0, 0.1) is 0 Å². The topological polar surface area (TPSA) is 41.5 Å². The normalized spacial score (nSPS) is 20.9. The molecule has 0 aromatic carbocycles. The lowest BCUT2D eigenvalue weighted by Gasteiger charge is -2.33. The van der Waals surface area contributed by atoms with Crippen LogP contribution in [0.2, 0.25) is 5.15 Å². The second-order valence-corrected chi connectivity index (χ2v) is 5.19. The van der Waals surface area contributed by atoms with Gasteiger partial charge >= 0.3 is 0 Å². The van der Waals surface area contributed by atoms with E-state index in [4.69, 9.17) is 16.3 Å². The summed E-state index contributed by atoms with van der Waals surface area (Å²) in [5, 5.41) is 0.550. The van der Waals surface area contributed by atoms with Gasteiger partial charge in [0.25, 0.3) is 0 Å². The van der Waals surface area contributed by atoms with Crippen LogP contribution in [0.4, 0.5) is 5.95 Å². The van der Waals surface area contributed by atoms with E-state index < -0.39 is 0 Å². The Morgan fingerprint density at radius 3 is 2.72 bits per heavy atom. The Morgan fingerprint density at radius 1 is 1.17 bits per heavy atom. The monoisotopic (exact) mass is 268 g/mol. The highest BCUT2D eigenvalue weighted by molar-refractivity contribution is 6.30. The molecule has 1 saturated heterocycles. The van der Waals surface area contributed by atoms with Crippen molar-refractivity contribution in [3.05, 3.63) is 16.4 Å². The van der Waals surface area contributed by atoms with E-state index in [1.54, 1.807) is 0 Å². The molecule has 0 radical (unpaired) electrons. The van der Waals surface area contributed by atoms with Crippen molar-refractivity contribution in [2.24, 2.45) is 0 Å². The third-order valence-electron chi connectivity index (χ3n) is 3.55. The number of anilines is 1. The lowest BCUT2D eigenvalue weighted by molar-refractivity contribution is 0.109. The summed E-state index contributed by atoms with van der Waals surface area (Å²) in [6.07, 6.45) is 0.832. The van der Waals surface area contributed by atoms with Crippen LogP contribution in [0.25, 0.3) is 0 Å². The number of ether oxygens (including phenoxy) is 1. The maximum absolute atomic E-state index is 6.23. The van der Waals surface area contributed by atoms with Gasteiger partial charge in [0.15, 0.2) is 0 Å². The Hall–Kier alpha value is -0.910. The smallest absolute Gasteiger partial charge is 0.227 e. The molecule has 2 aliphatic rings.